The van der Waals surface area contributed by atoms with Crippen LogP contribution in [-0.2, 0) is 17.9 Å². The summed E-state index contributed by atoms with van der Waals surface area (Å²) >= 11 is 13.2. The van der Waals surface area contributed by atoms with Crippen LogP contribution in [-0.4, -0.2) is 27.0 Å². The lowest BCUT2D eigenvalue weighted by Gasteiger charge is -2.18. The molecule has 0 aliphatic carbocycles. The van der Waals surface area contributed by atoms with E-state index in [2.05, 4.69) is 15.3 Å². The summed E-state index contributed by atoms with van der Waals surface area (Å²) in [6.07, 6.45) is 6.59. The normalized spacial score (nSPS) is 12.0. The first-order chi connectivity index (χ1) is 16.9. The molecule has 2 aromatic carbocycles. The van der Waals surface area contributed by atoms with Gasteiger partial charge in [0.15, 0.2) is 0 Å². The number of para-hydroxylation sites is 1. The van der Waals surface area contributed by atoms with Gasteiger partial charge in [-0.3, -0.25) is 4.79 Å². The van der Waals surface area contributed by atoms with Gasteiger partial charge in [0.25, 0.3) is 0 Å². The summed E-state index contributed by atoms with van der Waals surface area (Å²) < 4.78 is 8.10. The Morgan fingerprint density at radius 1 is 1.17 bits per heavy atom. The highest BCUT2D eigenvalue weighted by Gasteiger charge is 2.19. The minimum Gasteiger partial charge on any atom is -0.487 e. The number of ether oxygens (including phenoxy) is 1. The number of aromatic nitrogens is 3. The zero-order valence-corrected chi connectivity index (χ0v) is 21.3. The molecule has 1 amide bonds. The largest absolute Gasteiger partial charge is 0.487 e. The summed E-state index contributed by atoms with van der Waals surface area (Å²) in [7, 11) is 0. The van der Waals surface area contributed by atoms with E-state index in [0.717, 1.165) is 35.1 Å². The summed E-state index contributed by atoms with van der Waals surface area (Å²) in [6.45, 7) is 5.56. The third kappa shape index (κ3) is 6.32. The second kappa shape index (κ2) is 11.6. The number of carbonyl (C=O) groups excluding carboxylic acids is 1. The smallest absolute Gasteiger partial charge is 0.220 e. The van der Waals surface area contributed by atoms with Crippen molar-refractivity contribution in [2.24, 2.45) is 0 Å². The zero-order chi connectivity index (χ0) is 24.8. The molecule has 1 unspecified atom stereocenters. The first kappa shape index (κ1) is 25.0. The number of pyridine rings is 1. The van der Waals surface area contributed by atoms with Crippen LogP contribution in [0.15, 0.2) is 61.2 Å². The quantitative estimate of drug-likeness (QED) is 0.253. The fourth-order valence-corrected chi connectivity index (χ4v) is 4.65. The molecular formula is C27H28Cl2N4O2. The van der Waals surface area contributed by atoms with Gasteiger partial charge < -0.3 is 14.6 Å². The van der Waals surface area contributed by atoms with Crippen LogP contribution >= 0.6 is 23.2 Å². The maximum Gasteiger partial charge on any atom is 0.220 e. The Labute approximate surface area is 215 Å². The molecule has 0 saturated heterocycles. The maximum absolute atomic E-state index is 12.5. The van der Waals surface area contributed by atoms with Gasteiger partial charge >= 0.3 is 0 Å². The summed E-state index contributed by atoms with van der Waals surface area (Å²) in [5.41, 5.74) is 3.28. The number of nitrogens with one attached hydrogen (secondary N) is 1. The molecule has 0 fully saturated rings. The van der Waals surface area contributed by atoms with E-state index in [4.69, 9.17) is 27.9 Å². The zero-order valence-electron chi connectivity index (χ0n) is 19.8. The second-order valence-corrected chi connectivity index (χ2v) is 9.39. The number of benzene rings is 2. The first-order valence-corrected chi connectivity index (χ1v) is 12.4. The van der Waals surface area contributed by atoms with E-state index in [0.29, 0.717) is 34.3 Å². The fourth-order valence-electron chi connectivity index (χ4n) is 3.98. The minimum absolute atomic E-state index is 0.0100. The van der Waals surface area contributed by atoms with Crippen molar-refractivity contribution in [2.45, 2.75) is 45.8 Å². The highest BCUT2D eigenvalue weighted by Crippen LogP contribution is 2.35. The molecule has 4 rings (SSSR count). The van der Waals surface area contributed by atoms with Crippen LogP contribution < -0.4 is 10.1 Å². The van der Waals surface area contributed by atoms with E-state index in [1.165, 1.54) is 0 Å². The summed E-state index contributed by atoms with van der Waals surface area (Å²) in [4.78, 5) is 21.1. The van der Waals surface area contributed by atoms with Gasteiger partial charge in [-0.15, -0.1) is 0 Å². The molecule has 8 heteroatoms. The van der Waals surface area contributed by atoms with E-state index in [1.54, 1.807) is 12.5 Å². The van der Waals surface area contributed by atoms with Crippen LogP contribution in [0, 0.1) is 6.92 Å². The summed E-state index contributed by atoms with van der Waals surface area (Å²) in [5.74, 6) is 0.588. The third-order valence-electron chi connectivity index (χ3n) is 5.91. The number of nitrogens with zero attached hydrogens (tertiary/aromatic N) is 3. The van der Waals surface area contributed by atoms with Gasteiger partial charge in [0.2, 0.25) is 5.91 Å². The number of carbonyl (C=O) groups is 1. The van der Waals surface area contributed by atoms with Crippen molar-refractivity contribution < 1.29 is 9.53 Å². The van der Waals surface area contributed by atoms with Crippen molar-refractivity contribution in [1.29, 1.82) is 0 Å². The monoisotopic (exact) mass is 510 g/mol. The molecular weight excluding hydrogens is 483 g/mol. The Bertz CT molecular complexity index is 1310. The van der Waals surface area contributed by atoms with Gasteiger partial charge in [0.05, 0.1) is 11.3 Å². The lowest BCUT2D eigenvalue weighted by Crippen LogP contribution is -2.26. The van der Waals surface area contributed by atoms with Gasteiger partial charge in [-0.1, -0.05) is 54.4 Å². The van der Waals surface area contributed by atoms with Gasteiger partial charge in [-0.2, -0.15) is 0 Å². The van der Waals surface area contributed by atoms with Crippen molar-refractivity contribution in [3.05, 3.63) is 88.1 Å². The van der Waals surface area contributed by atoms with Crippen molar-refractivity contribution in [1.82, 2.24) is 19.9 Å². The average Bonchev–Trinajstić information content (AvgIpc) is 3.35. The number of fused-ring (bicyclic) bond motifs is 1. The van der Waals surface area contributed by atoms with Crippen LogP contribution in [0.4, 0.5) is 0 Å². The van der Waals surface area contributed by atoms with Crippen LogP contribution in [0.5, 0.6) is 5.75 Å². The summed E-state index contributed by atoms with van der Waals surface area (Å²) in [5, 5.41) is 5.05. The van der Waals surface area contributed by atoms with Gasteiger partial charge in [0, 0.05) is 53.6 Å². The summed E-state index contributed by atoms with van der Waals surface area (Å²) in [6, 6.07) is 13.5. The number of hydrogen-bond acceptors (Lipinski definition) is 4. The molecule has 0 bridgehead atoms. The Morgan fingerprint density at radius 2 is 2.03 bits per heavy atom. The van der Waals surface area contributed by atoms with Gasteiger partial charge in [-0.05, 0) is 43.0 Å². The number of rotatable bonds is 10. The van der Waals surface area contributed by atoms with Crippen molar-refractivity contribution in [2.75, 3.05) is 6.54 Å². The predicted molar refractivity (Wildman–Crippen MR) is 140 cm³/mol. The van der Waals surface area contributed by atoms with Crippen LogP contribution in [0.2, 0.25) is 10.0 Å². The van der Waals surface area contributed by atoms with Crippen LogP contribution in [0.3, 0.4) is 0 Å². The lowest BCUT2D eigenvalue weighted by atomic mass is 9.95. The molecule has 0 spiro atoms. The first-order valence-electron chi connectivity index (χ1n) is 11.6. The number of aryl methyl sites for hydroxylation is 2. The van der Waals surface area contributed by atoms with Crippen molar-refractivity contribution in [3.63, 3.8) is 0 Å². The van der Waals surface area contributed by atoms with E-state index in [9.17, 15) is 4.79 Å². The molecule has 0 saturated carbocycles. The minimum atomic E-state index is -0.0750. The molecule has 2 aromatic heterocycles. The van der Waals surface area contributed by atoms with Crippen molar-refractivity contribution in [3.8, 4) is 5.75 Å². The molecule has 0 aliphatic rings. The predicted octanol–water partition coefficient (Wildman–Crippen LogP) is 6.33. The number of halogens is 2. The highest BCUT2D eigenvalue weighted by atomic mass is 35.5. The van der Waals surface area contributed by atoms with E-state index in [1.807, 2.05) is 67.1 Å². The Morgan fingerprint density at radius 3 is 2.83 bits per heavy atom. The average molecular weight is 511 g/mol. The number of amides is 1. The molecule has 2 heterocycles. The molecule has 0 radical (unpaired) electrons. The fraction of sp³-hybridized carbons (Fsp3) is 0.296. The topological polar surface area (TPSA) is 69.0 Å². The molecule has 1 atom stereocenters. The Balaban J connectivity index is 1.39. The molecule has 182 valence electrons. The van der Waals surface area contributed by atoms with Gasteiger partial charge in [-0.25, -0.2) is 9.97 Å². The third-order valence-corrected chi connectivity index (χ3v) is 6.71. The van der Waals surface area contributed by atoms with E-state index >= 15 is 0 Å². The van der Waals surface area contributed by atoms with Crippen molar-refractivity contribution >= 4 is 40.0 Å². The highest BCUT2D eigenvalue weighted by molar-refractivity contribution is 6.36. The van der Waals surface area contributed by atoms with Crippen LogP contribution in [0.1, 0.15) is 42.5 Å². The van der Waals surface area contributed by atoms with E-state index in [-0.39, 0.29) is 18.4 Å². The van der Waals surface area contributed by atoms with Gasteiger partial charge in [0.1, 0.15) is 17.9 Å². The Kier molecular flexibility index (Phi) is 8.26. The second-order valence-electron chi connectivity index (χ2n) is 8.61. The molecule has 6 nitrogen and oxygen atoms in total. The van der Waals surface area contributed by atoms with E-state index < -0.39 is 0 Å². The molecule has 4 aromatic rings. The molecule has 0 aliphatic heterocycles. The maximum atomic E-state index is 12.5. The number of hydrogen-bond donors (Lipinski definition) is 1. The molecule has 35 heavy (non-hydrogen) atoms. The van der Waals surface area contributed by atoms with Crippen LogP contribution in [0.25, 0.3) is 10.9 Å². The molecule has 1 N–H and O–H groups in total. The standard InChI is InChI=1S/C27H28Cl2N4O2/c1-18(15-25(34)31-11-4-13-33-14-12-30-17-33)21-9-10-23(28)22(26(21)29)16-35-24-6-3-5-20-8-7-19(2)32-27(20)24/h3,5-10,12,14,17-18H,4,11,13,15-16H2,1-2H3,(H,31,34). The SMILES string of the molecule is Cc1ccc2cccc(OCc3c(Cl)ccc(C(C)CC(=O)NCCCn4ccnc4)c3Cl)c2n1. The lowest BCUT2D eigenvalue weighted by molar-refractivity contribution is -0.121. The number of imidazole rings is 1. The Hall–Kier alpha value is -3.09.